The van der Waals surface area contributed by atoms with Gasteiger partial charge in [-0.2, -0.15) is 0 Å². The van der Waals surface area contributed by atoms with Crippen molar-refractivity contribution in [1.82, 2.24) is 10.2 Å². The lowest BCUT2D eigenvalue weighted by molar-refractivity contribution is -0.126. The minimum absolute atomic E-state index is 0.0208. The molecule has 0 spiro atoms. The summed E-state index contributed by atoms with van der Waals surface area (Å²) in [6, 6.07) is 9.91. The van der Waals surface area contributed by atoms with Gasteiger partial charge in [-0.3, -0.25) is 9.59 Å². The van der Waals surface area contributed by atoms with Gasteiger partial charge in [0.05, 0.1) is 6.04 Å². The molecule has 0 saturated carbocycles. The van der Waals surface area contributed by atoms with Crippen molar-refractivity contribution in [2.75, 3.05) is 13.1 Å². The lowest BCUT2D eigenvalue weighted by Crippen LogP contribution is -2.34. The minimum atomic E-state index is 0.0208. The third-order valence-corrected chi connectivity index (χ3v) is 3.76. The molecule has 98 valence electrons. The molecule has 0 aliphatic carbocycles. The molecule has 19 heavy (non-hydrogen) atoms. The molecule has 0 bridgehead atoms. The number of fused-ring (bicyclic) bond motifs is 1. The summed E-state index contributed by atoms with van der Waals surface area (Å²) in [6.07, 6.45) is 3.99. The van der Waals surface area contributed by atoms with Gasteiger partial charge in [-0.15, -0.1) is 0 Å². The van der Waals surface area contributed by atoms with E-state index in [1.54, 1.807) is 6.08 Å². The summed E-state index contributed by atoms with van der Waals surface area (Å²) in [6.45, 7) is 1.32. The number of carbonyl (C=O) groups is 2. The molecule has 2 fully saturated rings. The Labute approximate surface area is 112 Å². The maximum atomic E-state index is 12.1. The lowest BCUT2D eigenvalue weighted by Gasteiger charge is -2.14. The number of nitrogens with one attached hydrogen (secondary N) is 1. The molecule has 0 aromatic heterocycles. The molecule has 2 aliphatic heterocycles. The van der Waals surface area contributed by atoms with Crippen LogP contribution in [-0.2, 0) is 9.59 Å². The summed E-state index contributed by atoms with van der Waals surface area (Å²) >= 11 is 0. The molecular weight excluding hydrogens is 240 g/mol. The van der Waals surface area contributed by atoms with Gasteiger partial charge in [0, 0.05) is 31.5 Å². The van der Waals surface area contributed by atoms with Crippen LogP contribution in [0.3, 0.4) is 0 Å². The van der Waals surface area contributed by atoms with E-state index in [4.69, 9.17) is 0 Å². The topological polar surface area (TPSA) is 49.4 Å². The molecule has 0 unspecified atom stereocenters. The Balaban J connectivity index is 1.61. The van der Waals surface area contributed by atoms with Crippen LogP contribution < -0.4 is 5.32 Å². The van der Waals surface area contributed by atoms with Crippen LogP contribution >= 0.6 is 0 Å². The van der Waals surface area contributed by atoms with Crippen LogP contribution in [0.25, 0.3) is 6.08 Å². The molecule has 2 heterocycles. The Kier molecular flexibility index (Phi) is 3.07. The van der Waals surface area contributed by atoms with Crippen LogP contribution in [0.15, 0.2) is 36.4 Å². The fourth-order valence-corrected chi connectivity index (χ4v) is 2.76. The van der Waals surface area contributed by atoms with Gasteiger partial charge in [-0.25, -0.2) is 0 Å². The van der Waals surface area contributed by atoms with Crippen LogP contribution in [0.5, 0.6) is 0 Å². The number of nitrogens with zero attached hydrogens (tertiary/aromatic N) is 1. The Morgan fingerprint density at radius 1 is 1.26 bits per heavy atom. The van der Waals surface area contributed by atoms with E-state index in [0.717, 1.165) is 5.56 Å². The van der Waals surface area contributed by atoms with Crippen molar-refractivity contribution in [2.45, 2.75) is 12.5 Å². The van der Waals surface area contributed by atoms with Gasteiger partial charge in [0.2, 0.25) is 11.8 Å². The molecule has 1 aromatic rings. The van der Waals surface area contributed by atoms with Gasteiger partial charge in [0.15, 0.2) is 0 Å². The van der Waals surface area contributed by atoms with Crippen molar-refractivity contribution in [2.24, 2.45) is 5.92 Å². The highest BCUT2D eigenvalue weighted by Crippen LogP contribution is 2.25. The zero-order valence-electron chi connectivity index (χ0n) is 10.6. The fraction of sp³-hybridized carbons (Fsp3) is 0.333. The van der Waals surface area contributed by atoms with E-state index < -0.39 is 0 Å². The molecule has 0 radical (unpaired) electrons. The summed E-state index contributed by atoms with van der Waals surface area (Å²) in [5, 5.41) is 2.92. The van der Waals surface area contributed by atoms with Gasteiger partial charge in [-0.05, 0) is 11.6 Å². The van der Waals surface area contributed by atoms with Crippen molar-refractivity contribution in [3.8, 4) is 0 Å². The third kappa shape index (κ3) is 2.52. The highest BCUT2D eigenvalue weighted by atomic mass is 16.2. The second kappa shape index (κ2) is 4.88. The Hall–Kier alpha value is -2.10. The monoisotopic (exact) mass is 256 g/mol. The quantitative estimate of drug-likeness (QED) is 0.804. The van der Waals surface area contributed by atoms with Crippen molar-refractivity contribution in [3.05, 3.63) is 42.0 Å². The predicted molar refractivity (Wildman–Crippen MR) is 72.1 cm³/mol. The highest BCUT2D eigenvalue weighted by Gasteiger charge is 2.40. The number of carbonyl (C=O) groups excluding carboxylic acids is 2. The SMILES string of the molecule is O=C1C[C@H]2CN(C(=O)/C=C/c3ccccc3)C[C@H]2N1. The normalized spacial score (nSPS) is 25.7. The van der Waals surface area contributed by atoms with E-state index in [0.29, 0.717) is 25.4 Å². The summed E-state index contributed by atoms with van der Waals surface area (Å²) in [5.41, 5.74) is 1.02. The van der Waals surface area contributed by atoms with E-state index in [9.17, 15) is 9.59 Å². The second-order valence-corrected chi connectivity index (χ2v) is 5.13. The van der Waals surface area contributed by atoms with Crippen molar-refractivity contribution >= 4 is 17.9 Å². The highest BCUT2D eigenvalue weighted by molar-refractivity contribution is 5.92. The van der Waals surface area contributed by atoms with Gasteiger partial charge in [-0.1, -0.05) is 30.3 Å². The van der Waals surface area contributed by atoms with Crippen molar-refractivity contribution in [3.63, 3.8) is 0 Å². The number of benzene rings is 1. The van der Waals surface area contributed by atoms with Gasteiger partial charge in [0.25, 0.3) is 0 Å². The molecule has 2 amide bonds. The molecular formula is C15H16N2O2. The second-order valence-electron chi connectivity index (χ2n) is 5.13. The summed E-state index contributed by atoms with van der Waals surface area (Å²) < 4.78 is 0. The maximum absolute atomic E-state index is 12.1. The number of rotatable bonds is 2. The van der Waals surface area contributed by atoms with E-state index in [1.807, 2.05) is 41.3 Å². The third-order valence-electron chi connectivity index (χ3n) is 3.76. The van der Waals surface area contributed by atoms with Gasteiger partial charge < -0.3 is 10.2 Å². The lowest BCUT2D eigenvalue weighted by atomic mass is 10.1. The first-order valence-electron chi connectivity index (χ1n) is 6.54. The van der Waals surface area contributed by atoms with Gasteiger partial charge >= 0.3 is 0 Å². The van der Waals surface area contributed by atoms with E-state index in [-0.39, 0.29) is 17.9 Å². The largest absolute Gasteiger partial charge is 0.351 e. The van der Waals surface area contributed by atoms with Crippen molar-refractivity contribution in [1.29, 1.82) is 0 Å². The Morgan fingerprint density at radius 3 is 2.79 bits per heavy atom. The summed E-state index contributed by atoms with van der Waals surface area (Å²) in [7, 11) is 0. The van der Waals surface area contributed by atoms with E-state index >= 15 is 0 Å². The first kappa shape index (κ1) is 12.0. The first-order valence-corrected chi connectivity index (χ1v) is 6.54. The first-order chi connectivity index (χ1) is 9.22. The fourth-order valence-electron chi connectivity index (χ4n) is 2.76. The van der Waals surface area contributed by atoms with E-state index in [1.165, 1.54) is 0 Å². The molecule has 2 aliphatic rings. The predicted octanol–water partition coefficient (Wildman–Crippen LogP) is 1.05. The zero-order chi connectivity index (χ0) is 13.2. The molecule has 3 rings (SSSR count). The standard InChI is InChI=1S/C15H16N2O2/c18-14-8-12-9-17(10-13(12)16-14)15(19)7-6-11-4-2-1-3-5-11/h1-7,12-13H,8-10H2,(H,16,18)/b7-6+/t12-,13+/m0/s1. The minimum Gasteiger partial charge on any atom is -0.351 e. The van der Waals surface area contributed by atoms with Crippen LogP contribution in [-0.4, -0.2) is 35.8 Å². The van der Waals surface area contributed by atoms with Gasteiger partial charge in [0.1, 0.15) is 0 Å². The average Bonchev–Trinajstić information content (AvgIpc) is 2.94. The van der Waals surface area contributed by atoms with Crippen LogP contribution in [0.4, 0.5) is 0 Å². The van der Waals surface area contributed by atoms with Crippen LogP contribution in [0.2, 0.25) is 0 Å². The Morgan fingerprint density at radius 2 is 2.05 bits per heavy atom. The molecule has 4 heteroatoms. The average molecular weight is 256 g/mol. The molecule has 1 aromatic carbocycles. The number of amides is 2. The maximum Gasteiger partial charge on any atom is 0.246 e. The summed E-state index contributed by atoms with van der Waals surface area (Å²) in [4.78, 5) is 25.1. The molecule has 2 saturated heterocycles. The van der Waals surface area contributed by atoms with E-state index in [2.05, 4.69) is 5.32 Å². The number of hydrogen-bond acceptors (Lipinski definition) is 2. The smallest absolute Gasteiger partial charge is 0.246 e. The molecule has 4 nitrogen and oxygen atoms in total. The van der Waals surface area contributed by atoms with Crippen LogP contribution in [0.1, 0.15) is 12.0 Å². The summed E-state index contributed by atoms with van der Waals surface area (Å²) in [5.74, 6) is 0.427. The molecule has 2 atom stereocenters. The zero-order valence-corrected chi connectivity index (χ0v) is 10.6. The number of hydrogen-bond donors (Lipinski definition) is 1. The van der Waals surface area contributed by atoms with Crippen LogP contribution in [0, 0.1) is 5.92 Å². The van der Waals surface area contributed by atoms with Crippen molar-refractivity contribution < 1.29 is 9.59 Å². The molecule has 1 N–H and O–H groups in total. The number of likely N-dealkylation sites (tertiary alicyclic amines) is 1. The Bertz CT molecular complexity index is 508.